The summed E-state index contributed by atoms with van der Waals surface area (Å²) < 4.78 is 5.57. The molecule has 0 heterocycles. The molecule has 0 N–H and O–H groups in total. The number of ketones is 1. The lowest BCUT2D eigenvalue weighted by Crippen LogP contribution is -2.16. The fraction of sp³-hybridized carbons (Fsp3) is 0.368. The van der Waals surface area contributed by atoms with E-state index in [9.17, 15) is 9.59 Å². The molecule has 1 aromatic rings. The smallest absolute Gasteiger partial charge is 0.338 e. The van der Waals surface area contributed by atoms with Crippen molar-refractivity contribution in [2.24, 2.45) is 5.92 Å². The third kappa shape index (κ3) is 4.17. The molecule has 0 radical (unpaired) electrons. The monoisotopic (exact) mass is 298 g/mol. The highest BCUT2D eigenvalue weighted by atomic mass is 16.5. The lowest BCUT2D eigenvalue weighted by Gasteiger charge is -2.13. The van der Waals surface area contributed by atoms with Crippen LogP contribution in [-0.2, 0) is 9.53 Å². The quantitative estimate of drug-likeness (QED) is 0.607. The third-order valence-corrected chi connectivity index (χ3v) is 3.92. The number of ether oxygens (including phenoxy) is 1. The zero-order chi connectivity index (χ0) is 15.9. The molecule has 0 saturated heterocycles. The standard InChI is InChI=1S/C19H22O3/c1-3-4-8-16-13-17(12-11-14(2)18(16)20)22-19(21)15-9-6-5-7-10-15/h3,5-7,9-10,13-14,17H,1,4,8,11-12H2,2H3/t14-,17+/m0/s1. The summed E-state index contributed by atoms with van der Waals surface area (Å²) in [5, 5.41) is 0. The highest BCUT2D eigenvalue weighted by molar-refractivity contribution is 5.97. The lowest BCUT2D eigenvalue weighted by atomic mass is 9.95. The molecule has 3 heteroatoms. The number of esters is 1. The minimum Gasteiger partial charge on any atom is -0.455 e. The number of carbonyl (C=O) groups excluding carboxylic acids is 2. The van der Waals surface area contributed by atoms with E-state index in [4.69, 9.17) is 4.74 Å². The molecule has 0 spiro atoms. The van der Waals surface area contributed by atoms with Gasteiger partial charge in [-0.25, -0.2) is 4.79 Å². The Morgan fingerprint density at radius 2 is 2.05 bits per heavy atom. The third-order valence-electron chi connectivity index (χ3n) is 3.92. The number of carbonyl (C=O) groups is 2. The maximum atomic E-state index is 12.3. The van der Waals surface area contributed by atoms with Crippen LogP contribution in [0.2, 0.25) is 0 Å². The van der Waals surface area contributed by atoms with Crippen LogP contribution in [0.3, 0.4) is 0 Å². The molecule has 1 aliphatic rings. The minimum atomic E-state index is -0.341. The zero-order valence-electron chi connectivity index (χ0n) is 13.0. The predicted octanol–water partition coefficient (Wildman–Crippen LogP) is 4.10. The second-order valence-electron chi connectivity index (χ2n) is 5.67. The van der Waals surface area contributed by atoms with Gasteiger partial charge in [0.2, 0.25) is 0 Å². The Labute approximate surface area is 131 Å². The summed E-state index contributed by atoms with van der Waals surface area (Å²) in [7, 11) is 0. The van der Waals surface area contributed by atoms with Crippen LogP contribution in [0, 0.1) is 5.92 Å². The van der Waals surface area contributed by atoms with Gasteiger partial charge in [-0.1, -0.05) is 31.2 Å². The van der Waals surface area contributed by atoms with Gasteiger partial charge in [-0.2, -0.15) is 0 Å². The summed E-state index contributed by atoms with van der Waals surface area (Å²) in [4.78, 5) is 24.5. The zero-order valence-corrected chi connectivity index (χ0v) is 13.0. The average molecular weight is 298 g/mol. The average Bonchev–Trinajstić information content (AvgIpc) is 2.67. The van der Waals surface area contributed by atoms with Crippen molar-refractivity contribution < 1.29 is 14.3 Å². The molecular weight excluding hydrogens is 276 g/mol. The van der Waals surface area contributed by atoms with Crippen molar-refractivity contribution in [2.75, 3.05) is 0 Å². The van der Waals surface area contributed by atoms with Gasteiger partial charge in [0.15, 0.2) is 5.78 Å². The van der Waals surface area contributed by atoms with Gasteiger partial charge in [0.05, 0.1) is 5.56 Å². The summed E-state index contributed by atoms with van der Waals surface area (Å²) in [6, 6.07) is 8.93. The van der Waals surface area contributed by atoms with E-state index in [0.29, 0.717) is 18.4 Å². The largest absolute Gasteiger partial charge is 0.455 e. The molecule has 0 aliphatic heterocycles. The minimum absolute atomic E-state index is 0.0171. The normalized spacial score (nSPS) is 21.7. The van der Waals surface area contributed by atoms with Crippen LogP contribution in [0.1, 0.15) is 43.0 Å². The molecule has 22 heavy (non-hydrogen) atoms. The Balaban J connectivity index is 2.11. The van der Waals surface area contributed by atoms with E-state index in [-0.39, 0.29) is 23.8 Å². The van der Waals surface area contributed by atoms with Crippen molar-refractivity contribution in [3.63, 3.8) is 0 Å². The first-order chi connectivity index (χ1) is 10.6. The van der Waals surface area contributed by atoms with Gasteiger partial charge >= 0.3 is 5.97 Å². The molecule has 0 aromatic heterocycles. The molecule has 1 aromatic carbocycles. The van der Waals surface area contributed by atoms with Gasteiger partial charge in [0.25, 0.3) is 0 Å². The molecular formula is C19H22O3. The van der Waals surface area contributed by atoms with E-state index in [1.54, 1.807) is 30.3 Å². The van der Waals surface area contributed by atoms with E-state index in [0.717, 1.165) is 18.4 Å². The summed E-state index contributed by atoms with van der Waals surface area (Å²) >= 11 is 0. The van der Waals surface area contributed by atoms with Crippen molar-refractivity contribution in [1.29, 1.82) is 0 Å². The van der Waals surface area contributed by atoms with E-state index >= 15 is 0 Å². The van der Waals surface area contributed by atoms with Crippen LogP contribution < -0.4 is 0 Å². The summed E-state index contributed by atoms with van der Waals surface area (Å²) in [6.07, 6.45) is 6.13. The molecule has 0 bridgehead atoms. The van der Waals surface area contributed by atoms with Crippen molar-refractivity contribution in [2.45, 2.75) is 38.7 Å². The second-order valence-corrected chi connectivity index (χ2v) is 5.67. The van der Waals surface area contributed by atoms with Crippen LogP contribution in [0.5, 0.6) is 0 Å². The summed E-state index contributed by atoms with van der Waals surface area (Å²) in [5.74, 6) is -0.191. The molecule has 0 saturated carbocycles. The van der Waals surface area contributed by atoms with Gasteiger partial charge < -0.3 is 4.74 Å². The predicted molar refractivity (Wildman–Crippen MR) is 86.6 cm³/mol. The Bertz CT molecular complexity index is 572. The Kier molecular flexibility index (Phi) is 5.70. The Morgan fingerprint density at radius 1 is 1.32 bits per heavy atom. The van der Waals surface area contributed by atoms with Crippen LogP contribution in [-0.4, -0.2) is 17.9 Å². The highest BCUT2D eigenvalue weighted by Gasteiger charge is 2.25. The number of benzene rings is 1. The maximum absolute atomic E-state index is 12.3. The van der Waals surface area contributed by atoms with E-state index < -0.39 is 0 Å². The van der Waals surface area contributed by atoms with E-state index in [1.807, 2.05) is 19.1 Å². The highest BCUT2D eigenvalue weighted by Crippen LogP contribution is 2.25. The van der Waals surface area contributed by atoms with Gasteiger partial charge in [0, 0.05) is 5.92 Å². The molecule has 116 valence electrons. The van der Waals surface area contributed by atoms with Gasteiger partial charge in [-0.05, 0) is 49.5 Å². The summed E-state index contributed by atoms with van der Waals surface area (Å²) in [6.45, 7) is 5.63. The number of hydrogen-bond acceptors (Lipinski definition) is 3. The molecule has 0 amide bonds. The Hall–Kier alpha value is -2.16. The fourth-order valence-electron chi connectivity index (χ4n) is 2.59. The van der Waals surface area contributed by atoms with Gasteiger partial charge in [-0.15, -0.1) is 6.58 Å². The number of hydrogen-bond donors (Lipinski definition) is 0. The molecule has 2 atom stereocenters. The number of allylic oxidation sites excluding steroid dienone is 2. The summed E-state index contributed by atoms with van der Waals surface area (Å²) in [5.41, 5.74) is 1.29. The second kappa shape index (κ2) is 7.74. The first-order valence-electron chi connectivity index (χ1n) is 7.73. The number of rotatable bonds is 5. The van der Waals surface area contributed by atoms with Crippen molar-refractivity contribution >= 4 is 11.8 Å². The lowest BCUT2D eigenvalue weighted by molar-refractivity contribution is -0.118. The van der Waals surface area contributed by atoms with Crippen LogP contribution in [0.4, 0.5) is 0 Å². The van der Waals surface area contributed by atoms with Crippen molar-refractivity contribution in [3.05, 3.63) is 60.2 Å². The first kappa shape index (κ1) is 16.2. The molecule has 2 rings (SSSR count). The SMILES string of the molecule is C=CCCC1=C[C@H](OC(=O)c2ccccc2)CC[C@H](C)C1=O. The maximum Gasteiger partial charge on any atom is 0.338 e. The van der Waals surface area contributed by atoms with E-state index in [2.05, 4.69) is 6.58 Å². The first-order valence-corrected chi connectivity index (χ1v) is 7.73. The van der Waals surface area contributed by atoms with Crippen LogP contribution >= 0.6 is 0 Å². The molecule has 0 unspecified atom stereocenters. The fourth-order valence-corrected chi connectivity index (χ4v) is 2.59. The van der Waals surface area contributed by atoms with Crippen molar-refractivity contribution in [1.82, 2.24) is 0 Å². The Morgan fingerprint density at radius 3 is 2.73 bits per heavy atom. The van der Waals surface area contributed by atoms with Crippen LogP contribution in [0.15, 0.2) is 54.6 Å². The van der Waals surface area contributed by atoms with Gasteiger partial charge in [0.1, 0.15) is 6.10 Å². The van der Waals surface area contributed by atoms with Crippen molar-refractivity contribution in [3.8, 4) is 0 Å². The molecule has 1 aliphatic carbocycles. The topological polar surface area (TPSA) is 43.4 Å². The molecule has 3 nitrogen and oxygen atoms in total. The number of Topliss-reactive ketones (excluding diaryl/α,β-unsaturated/α-hetero) is 1. The van der Waals surface area contributed by atoms with E-state index in [1.165, 1.54) is 0 Å². The van der Waals surface area contributed by atoms with Gasteiger partial charge in [-0.3, -0.25) is 4.79 Å². The molecule has 0 fully saturated rings. The van der Waals surface area contributed by atoms with Crippen LogP contribution in [0.25, 0.3) is 0 Å².